The Hall–Kier alpha value is -1.88. The molecule has 0 saturated heterocycles. The van der Waals surface area contributed by atoms with Gasteiger partial charge in [-0.1, -0.05) is 30.3 Å². The quantitative estimate of drug-likeness (QED) is 0.899. The van der Waals surface area contributed by atoms with E-state index in [1.807, 2.05) is 6.07 Å². The highest BCUT2D eigenvalue weighted by molar-refractivity contribution is 9.10. The zero-order chi connectivity index (χ0) is 13.8. The number of carbonyl (C=O) groups is 1. The maximum Gasteiger partial charge on any atom is 0.330 e. The van der Waals surface area contributed by atoms with E-state index in [1.54, 1.807) is 30.3 Å². The Morgan fingerprint density at radius 3 is 2.47 bits per heavy atom. The predicted octanol–water partition coefficient (Wildman–Crippen LogP) is 3.83. The smallest absolute Gasteiger partial charge is 0.330 e. The first-order valence-corrected chi connectivity index (χ1v) is 6.36. The van der Waals surface area contributed by atoms with Gasteiger partial charge < -0.3 is 10.4 Å². The van der Waals surface area contributed by atoms with Crippen molar-refractivity contribution in [2.24, 2.45) is 0 Å². The van der Waals surface area contributed by atoms with Gasteiger partial charge in [-0.15, -0.1) is 0 Å². The molecular formula is C14H11BrFNO2. The number of rotatable bonds is 4. The van der Waals surface area contributed by atoms with E-state index in [-0.39, 0.29) is 0 Å². The molecule has 0 fully saturated rings. The van der Waals surface area contributed by atoms with Crippen molar-refractivity contribution in [3.8, 4) is 0 Å². The number of carboxylic acid groups (broad SMARTS) is 1. The minimum Gasteiger partial charge on any atom is -0.479 e. The molecule has 98 valence electrons. The SMILES string of the molecule is O=C(O)C(Nc1ccc(Br)c(F)c1)c1ccccc1. The van der Waals surface area contributed by atoms with Crippen LogP contribution < -0.4 is 5.32 Å². The highest BCUT2D eigenvalue weighted by Gasteiger charge is 2.19. The Kier molecular flexibility index (Phi) is 4.16. The van der Waals surface area contributed by atoms with Crippen molar-refractivity contribution in [3.05, 3.63) is 64.4 Å². The van der Waals surface area contributed by atoms with Crippen molar-refractivity contribution in [2.75, 3.05) is 5.32 Å². The monoisotopic (exact) mass is 323 g/mol. The predicted molar refractivity (Wildman–Crippen MR) is 74.5 cm³/mol. The van der Waals surface area contributed by atoms with E-state index in [0.29, 0.717) is 15.7 Å². The highest BCUT2D eigenvalue weighted by Crippen LogP contribution is 2.23. The topological polar surface area (TPSA) is 49.3 Å². The van der Waals surface area contributed by atoms with Crippen LogP contribution in [-0.2, 0) is 4.79 Å². The number of nitrogens with one attached hydrogen (secondary N) is 1. The summed E-state index contributed by atoms with van der Waals surface area (Å²) in [5.41, 5.74) is 1.02. The molecule has 0 saturated carbocycles. The molecular weight excluding hydrogens is 313 g/mol. The van der Waals surface area contributed by atoms with E-state index < -0.39 is 17.8 Å². The van der Waals surface area contributed by atoms with Crippen LogP contribution in [0.2, 0.25) is 0 Å². The molecule has 2 N–H and O–H groups in total. The van der Waals surface area contributed by atoms with Gasteiger partial charge in [0.15, 0.2) is 6.04 Å². The molecule has 0 bridgehead atoms. The second kappa shape index (κ2) is 5.84. The van der Waals surface area contributed by atoms with Crippen LogP contribution in [0.5, 0.6) is 0 Å². The Morgan fingerprint density at radius 2 is 1.89 bits per heavy atom. The molecule has 0 heterocycles. The number of hydrogen-bond donors (Lipinski definition) is 2. The van der Waals surface area contributed by atoms with Crippen LogP contribution in [0.3, 0.4) is 0 Å². The van der Waals surface area contributed by atoms with Gasteiger partial charge in [-0.3, -0.25) is 0 Å². The third kappa shape index (κ3) is 3.32. The van der Waals surface area contributed by atoms with Gasteiger partial charge >= 0.3 is 5.97 Å². The lowest BCUT2D eigenvalue weighted by molar-refractivity contribution is -0.138. The third-order valence-corrected chi connectivity index (χ3v) is 3.25. The lowest BCUT2D eigenvalue weighted by atomic mass is 10.1. The van der Waals surface area contributed by atoms with Crippen molar-refractivity contribution in [3.63, 3.8) is 0 Å². The average molecular weight is 324 g/mol. The van der Waals surface area contributed by atoms with Crippen molar-refractivity contribution in [2.45, 2.75) is 6.04 Å². The largest absolute Gasteiger partial charge is 0.479 e. The number of hydrogen-bond acceptors (Lipinski definition) is 2. The lowest BCUT2D eigenvalue weighted by Crippen LogP contribution is -2.20. The number of carboxylic acids is 1. The molecule has 2 aromatic rings. The Balaban J connectivity index is 2.27. The Morgan fingerprint density at radius 1 is 1.21 bits per heavy atom. The molecule has 0 spiro atoms. The van der Waals surface area contributed by atoms with Crippen LogP contribution in [0.1, 0.15) is 11.6 Å². The van der Waals surface area contributed by atoms with Gasteiger partial charge in [0.1, 0.15) is 5.82 Å². The minimum absolute atomic E-state index is 0.338. The molecule has 2 rings (SSSR count). The number of benzene rings is 2. The Labute approximate surface area is 118 Å². The van der Waals surface area contributed by atoms with E-state index in [9.17, 15) is 14.3 Å². The maximum atomic E-state index is 13.4. The normalized spacial score (nSPS) is 11.9. The molecule has 0 amide bonds. The van der Waals surface area contributed by atoms with Gasteiger partial charge in [0.05, 0.1) is 4.47 Å². The fraction of sp³-hybridized carbons (Fsp3) is 0.0714. The molecule has 0 aromatic heterocycles. The van der Waals surface area contributed by atoms with Crippen LogP contribution in [0.15, 0.2) is 53.0 Å². The van der Waals surface area contributed by atoms with Crippen molar-refractivity contribution >= 4 is 27.6 Å². The van der Waals surface area contributed by atoms with Gasteiger partial charge in [0.25, 0.3) is 0 Å². The van der Waals surface area contributed by atoms with Crippen molar-refractivity contribution in [1.29, 1.82) is 0 Å². The lowest BCUT2D eigenvalue weighted by Gasteiger charge is -2.16. The molecule has 5 heteroatoms. The van der Waals surface area contributed by atoms with Crippen LogP contribution in [0.25, 0.3) is 0 Å². The molecule has 19 heavy (non-hydrogen) atoms. The standard InChI is InChI=1S/C14H11BrFNO2/c15-11-7-6-10(8-12(11)16)17-13(14(18)19)9-4-2-1-3-5-9/h1-8,13,17H,(H,18,19). The van der Waals surface area contributed by atoms with Crippen LogP contribution >= 0.6 is 15.9 Å². The van der Waals surface area contributed by atoms with Crippen molar-refractivity contribution < 1.29 is 14.3 Å². The first kappa shape index (κ1) is 13.5. The molecule has 1 atom stereocenters. The van der Waals surface area contributed by atoms with Gasteiger partial charge in [0, 0.05) is 5.69 Å². The average Bonchev–Trinajstić information content (AvgIpc) is 2.40. The zero-order valence-corrected chi connectivity index (χ0v) is 11.4. The number of aliphatic carboxylic acids is 1. The summed E-state index contributed by atoms with van der Waals surface area (Å²) < 4.78 is 13.7. The molecule has 0 aliphatic heterocycles. The van der Waals surface area contributed by atoms with Gasteiger partial charge in [-0.25, -0.2) is 9.18 Å². The molecule has 0 aliphatic rings. The summed E-state index contributed by atoms with van der Waals surface area (Å²) in [5, 5.41) is 12.0. The first-order chi connectivity index (χ1) is 9.08. The summed E-state index contributed by atoms with van der Waals surface area (Å²) in [4.78, 5) is 11.3. The van der Waals surface area contributed by atoms with Crippen molar-refractivity contribution in [1.82, 2.24) is 0 Å². The second-order valence-electron chi connectivity index (χ2n) is 3.96. The maximum absolute atomic E-state index is 13.4. The zero-order valence-electron chi connectivity index (χ0n) is 9.81. The van der Waals surface area contributed by atoms with E-state index in [0.717, 1.165) is 0 Å². The van der Waals surface area contributed by atoms with E-state index in [2.05, 4.69) is 21.2 Å². The van der Waals surface area contributed by atoms with Gasteiger partial charge in [-0.05, 0) is 39.7 Å². The van der Waals surface area contributed by atoms with Crippen LogP contribution in [0, 0.1) is 5.82 Å². The third-order valence-electron chi connectivity index (χ3n) is 2.61. The van der Waals surface area contributed by atoms with E-state index in [4.69, 9.17) is 0 Å². The van der Waals surface area contributed by atoms with Gasteiger partial charge in [0.2, 0.25) is 0 Å². The fourth-order valence-electron chi connectivity index (χ4n) is 1.69. The first-order valence-electron chi connectivity index (χ1n) is 5.57. The molecule has 0 radical (unpaired) electrons. The summed E-state index contributed by atoms with van der Waals surface area (Å²) in [6, 6.07) is 12.2. The van der Waals surface area contributed by atoms with Crippen LogP contribution in [0.4, 0.5) is 10.1 Å². The molecule has 1 unspecified atom stereocenters. The fourth-order valence-corrected chi connectivity index (χ4v) is 1.93. The minimum atomic E-state index is -1.02. The summed E-state index contributed by atoms with van der Waals surface area (Å²) in [6.07, 6.45) is 0. The molecule has 2 aromatic carbocycles. The molecule has 0 aliphatic carbocycles. The summed E-state index contributed by atoms with van der Waals surface area (Å²) in [6.45, 7) is 0. The van der Waals surface area contributed by atoms with E-state index in [1.165, 1.54) is 12.1 Å². The summed E-state index contributed by atoms with van der Waals surface area (Å²) in [5.74, 6) is -1.46. The van der Waals surface area contributed by atoms with Gasteiger partial charge in [-0.2, -0.15) is 0 Å². The summed E-state index contributed by atoms with van der Waals surface area (Å²) in [7, 11) is 0. The Bertz CT molecular complexity index is 589. The van der Waals surface area contributed by atoms with E-state index >= 15 is 0 Å². The summed E-state index contributed by atoms with van der Waals surface area (Å²) >= 11 is 3.05. The molecule has 3 nitrogen and oxygen atoms in total. The van der Waals surface area contributed by atoms with Crippen LogP contribution in [-0.4, -0.2) is 11.1 Å². The highest BCUT2D eigenvalue weighted by atomic mass is 79.9. The number of halogens is 2. The number of anilines is 1. The second-order valence-corrected chi connectivity index (χ2v) is 4.81.